The van der Waals surface area contributed by atoms with E-state index < -0.39 is 21.8 Å². The molecule has 0 aromatic heterocycles. The Morgan fingerprint density at radius 2 is 2.00 bits per heavy atom. The van der Waals surface area contributed by atoms with E-state index in [2.05, 4.69) is 15.3 Å². The molecule has 2 amide bonds. The molecule has 3 aliphatic heterocycles. The van der Waals surface area contributed by atoms with Crippen molar-refractivity contribution >= 4 is 50.3 Å². The highest BCUT2D eigenvalue weighted by Gasteiger charge is 2.37. The SMILES string of the molecule is O=C(Nc1cc(Cl)ccc1N1CCOCC1)C1=NN(C2CCS(=O)(=O)C2)C(=O)CC1. The van der Waals surface area contributed by atoms with Crippen LogP contribution in [0.4, 0.5) is 11.4 Å². The maximum Gasteiger partial charge on any atom is 0.271 e. The number of sulfone groups is 1. The van der Waals surface area contributed by atoms with Gasteiger partial charge in [0.05, 0.1) is 42.1 Å². The van der Waals surface area contributed by atoms with Crippen molar-refractivity contribution in [2.75, 3.05) is 48.0 Å². The first-order valence-corrected chi connectivity index (χ1v) is 12.1. The lowest BCUT2D eigenvalue weighted by atomic mass is 10.1. The summed E-state index contributed by atoms with van der Waals surface area (Å²) in [4.78, 5) is 27.3. The fourth-order valence-electron chi connectivity index (χ4n) is 3.87. The Hall–Kier alpha value is -2.17. The molecule has 9 nitrogen and oxygen atoms in total. The number of halogens is 1. The average Bonchev–Trinajstić information content (AvgIpc) is 3.08. The molecule has 0 bridgehead atoms. The van der Waals surface area contributed by atoms with Crippen molar-refractivity contribution in [2.45, 2.75) is 25.3 Å². The van der Waals surface area contributed by atoms with Gasteiger partial charge in [-0.1, -0.05) is 11.6 Å². The third kappa shape index (κ3) is 4.60. The Bertz CT molecular complexity index is 991. The molecule has 30 heavy (non-hydrogen) atoms. The van der Waals surface area contributed by atoms with Crippen molar-refractivity contribution in [1.29, 1.82) is 0 Å². The molecule has 3 aliphatic rings. The zero-order chi connectivity index (χ0) is 21.3. The molecule has 2 fully saturated rings. The largest absolute Gasteiger partial charge is 0.378 e. The lowest BCUT2D eigenvalue weighted by molar-refractivity contribution is -0.133. The molecule has 0 spiro atoms. The second kappa shape index (κ2) is 8.52. The summed E-state index contributed by atoms with van der Waals surface area (Å²) in [5.41, 5.74) is 1.60. The van der Waals surface area contributed by atoms with Crippen LogP contribution in [0.1, 0.15) is 19.3 Å². The van der Waals surface area contributed by atoms with Gasteiger partial charge in [0.25, 0.3) is 5.91 Å². The number of hydrogen-bond donors (Lipinski definition) is 1. The molecule has 3 heterocycles. The number of carbonyl (C=O) groups is 2. The highest BCUT2D eigenvalue weighted by molar-refractivity contribution is 7.91. The standard InChI is InChI=1S/C19H23ClN4O5S/c20-13-1-3-17(23-6-8-29-9-7-23)16(11-13)21-19(26)15-2-4-18(25)24(22-15)14-5-10-30(27,28)12-14/h1,3,11,14H,2,4-10,12H2,(H,21,26). The normalized spacial score (nSPS) is 24.0. The molecule has 1 atom stereocenters. The van der Waals surface area contributed by atoms with E-state index in [1.165, 1.54) is 5.01 Å². The summed E-state index contributed by atoms with van der Waals surface area (Å²) in [5, 5.41) is 8.77. The molecule has 0 saturated carbocycles. The average molecular weight is 455 g/mol. The summed E-state index contributed by atoms with van der Waals surface area (Å²) in [6, 6.07) is 4.78. The van der Waals surface area contributed by atoms with Crippen LogP contribution in [0, 0.1) is 0 Å². The van der Waals surface area contributed by atoms with E-state index in [0.29, 0.717) is 43.4 Å². The Kier molecular flexibility index (Phi) is 5.99. The molecule has 1 aromatic rings. The molecule has 2 saturated heterocycles. The predicted molar refractivity (Wildman–Crippen MR) is 114 cm³/mol. The van der Waals surface area contributed by atoms with Gasteiger partial charge in [0.15, 0.2) is 9.84 Å². The van der Waals surface area contributed by atoms with E-state index in [9.17, 15) is 18.0 Å². The van der Waals surface area contributed by atoms with Crippen LogP contribution in [0.25, 0.3) is 0 Å². The minimum absolute atomic E-state index is 0.0317. The van der Waals surface area contributed by atoms with E-state index in [-0.39, 0.29) is 36.0 Å². The number of nitrogens with one attached hydrogen (secondary N) is 1. The van der Waals surface area contributed by atoms with Gasteiger partial charge < -0.3 is 15.0 Å². The van der Waals surface area contributed by atoms with Crippen molar-refractivity contribution in [3.8, 4) is 0 Å². The summed E-state index contributed by atoms with van der Waals surface area (Å²) in [6.45, 7) is 2.60. The third-order valence-electron chi connectivity index (χ3n) is 5.43. The summed E-state index contributed by atoms with van der Waals surface area (Å²) in [7, 11) is -3.17. The van der Waals surface area contributed by atoms with E-state index in [1.807, 2.05) is 6.07 Å². The van der Waals surface area contributed by atoms with Gasteiger partial charge in [0, 0.05) is 31.0 Å². The van der Waals surface area contributed by atoms with Gasteiger partial charge in [-0.15, -0.1) is 0 Å². The minimum atomic E-state index is -3.17. The van der Waals surface area contributed by atoms with Crippen molar-refractivity contribution in [2.24, 2.45) is 5.10 Å². The number of benzene rings is 1. The van der Waals surface area contributed by atoms with Crippen LogP contribution in [0.5, 0.6) is 0 Å². The zero-order valence-electron chi connectivity index (χ0n) is 16.3. The number of amides is 2. The van der Waals surface area contributed by atoms with Crippen LogP contribution in [0.15, 0.2) is 23.3 Å². The summed E-state index contributed by atoms with van der Waals surface area (Å²) in [6.07, 6.45) is 0.657. The van der Waals surface area contributed by atoms with E-state index in [0.717, 1.165) is 5.69 Å². The van der Waals surface area contributed by atoms with Crippen LogP contribution in [0.3, 0.4) is 0 Å². The number of carbonyl (C=O) groups excluding carboxylic acids is 2. The molecule has 162 valence electrons. The smallest absolute Gasteiger partial charge is 0.271 e. The van der Waals surface area contributed by atoms with Crippen molar-refractivity contribution in [1.82, 2.24) is 5.01 Å². The molecule has 0 radical (unpaired) electrons. The first-order chi connectivity index (χ1) is 14.3. The van der Waals surface area contributed by atoms with Gasteiger partial charge in [-0.2, -0.15) is 5.10 Å². The summed E-state index contributed by atoms with van der Waals surface area (Å²) in [5.74, 6) is -0.771. The van der Waals surface area contributed by atoms with Crippen LogP contribution < -0.4 is 10.2 Å². The zero-order valence-corrected chi connectivity index (χ0v) is 17.9. The van der Waals surface area contributed by atoms with Gasteiger partial charge in [0.2, 0.25) is 5.91 Å². The molecule has 1 N–H and O–H groups in total. The molecule has 1 unspecified atom stereocenters. The van der Waals surface area contributed by atoms with Gasteiger partial charge in [-0.3, -0.25) is 9.59 Å². The quantitative estimate of drug-likeness (QED) is 0.734. The Balaban J connectivity index is 1.54. The number of anilines is 2. The molecule has 4 rings (SSSR count). The first-order valence-electron chi connectivity index (χ1n) is 9.86. The lowest BCUT2D eigenvalue weighted by Crippen LogP contribution is -2.42. The van der Waals surface area contributed by atoms with Gasteiger partial charge >= 0.3 is 0 Å². The number of nitrogens with zero attached hydrogens (tertiary/aromatic N) is 3. The number of morpholine rings is 1. The van der Waals surface area contributed by atoms with Gasteiger partial charge in [-0.25, -0.2) is 13.4 Å². The Morgan fingerprint density at radius 1 is 1.23 bits per heavy atom. The lowest BCUT2D eigenvalue weighted by Gasteiger charge is -2.31. The summed E-state index contributed by atoms with van der Waals surface area (Å²) >= 11 is 6.15. The molecular formula is C19H23ClN4O5S. The fourth-order valence-corrected chi connectivity index (χ4v) is 5.74. The van der Waals surface area contributed by atoms with E-state index in [4.69, 9.17) is 16.3 Å². The molecular weight excluding hydrogens is 432 g/mol. The molecule has 1 aromatic carbocycles. The number of hydrazone groups is 1. The van der Waals surface area contributed by atoms with Crippen molar-refractivity contribution in [3.63, 3.8) is 0 Å². The third-order valence-corrected chi connectivity index (χ3v) is 7.42. The van der Waals surface area contributed by atoms with Crippen molar-refractivity contribution < 1.29 is 22.7 Å². The molecule has 0 aliphatic carbocycles. The maximum absolute atomic E-state index is 12.9. The number of ether oxygens (including phenoxy) is 1. The van der Waals surface area contributed by atoms with E-state index in [1.54, 1.807) is 12.1 Å². The highest BCUT2D eigenvalue weighted by atomic mass is 35.5. The second-order valence-electron chi connectivity index (χ2n) is 7.56. The van der Waals surface area contributed by atoms with Gasteiger partial charge in [-0.05, 0) is 24.6 Å². The highest BCUT2D eigenvalue weighted by Crippen LogP contribution is 2.30. The maximum atomic E-state index is 12.9. The number of hydrogen-bond acceptors (Lipinski definition) is 7. The van der Waals surface area contributed by atoms with Crippen LogP contribution in [-0.2, 0) is 24.2 Å². The molecule has 11 heteroatoms. The van der Waals surface area contributed by atoms with Crippen LogP contribution in [-0.4, -0.2) is 74.8 Å². The first kappa shape index (κ1) is 21.1. The predicted octanol–water partition coefficient (Wildman–Crippen LogP) is 1.28. The van der Waals surface area contributed by atoms with Crippen LogP contribution >= 0.6 is 11.6 Å². The number of rotatable bonds is 4. The van der Waals surface area contributed by atoms with E-state index >= 15 is 0 Å². The topological polar surface area (TPSA) is 108 Å². The Labute approximate surface area is 179 Å². The van der Waals surface area contributed by atoms with Gasteiger partial charge in [0.1, 0.15) is 5.71 Å². The fraction of sp³-hybridized carbons (Fsp3) is 0.526. The van der Waals surface area contributed by atoms with Crippen LogP contribution in [0.2, 0.25) is 5.02 Å². The monoisotopic (exact) mass is 454 g/mol. The summed E-state index contributed by atoms with van der Waals surface area (Å²) < 4.78 is 28.9. The Morgan fingerprint density at radius 3 is 2.70 bits per heavy atom. The van der Waals surface area contributed by atoms with Crippen molar-refractivity contribution in [3.05, 3.63) is 23.2 Å². The minimum Gasteiger partial charge on any atom is -0.378 e. The second-order valence-corrected chi connectivity index (χ2v) is 10.2.